The van der Waals surface area contributed by atoms with Gasteiger partial charge in [0.1, 0.15) is 5.75 Å². The Labute approximate surface area is 118 Å². The third kappa shape index (κ3) is 6.84. The molecule has 1 aromatic rings. The molecular weight excluding hydrogens is 315 g/mol. The molecule has 10 heteroatoms. The highest BCUT2D eigenvalue weighted by molar-refractivity contribution is 7.92. The summed E-state index contributed by atoms with van der Waals surface area (Å²) in [6.07, 6.45) is -5.18. The van der Waals surface area contributed by atoms with Gasteiger partial charge in [-0.3, -0.25) is 9.52 Å². The molecule has 1 aromatic carbocycles. The van der Waals surface area contributed by atoms with Gasteiger partial charge >= 0.3 is 12.1 Å². The highest BCUT2D eigenvalue weighted by atomic mass is 32.2. The van der Waals surface area contributed by atoms with E-state index in [0.717, 1.165) is 0 Å². The summed E-state index contributed by atoms with van der Waals surface area (Å²) in [7, 11) is -4.00. The number of aliphatic carboxylic acids is 1. The zero-order valence-corrected chi connectivity index (χ0v) is 11.4. The smallest absolute Gasteiger partial charge is 0.422 e. The fraction of sp³-hybridized carbons (Fsp3) is 0.364. The maximum atomic E-state index is 12.1. The molecule has 0 aromatic heterocycles. The first-order valence-electron chi connectivity index (χ1n) is 5.60. The van der Waals surface area contributed by atoms with Crippen molar-refractivity contribution in [2.75, 3.05) is 17.1 Å². The third-order valence-corrected chi connectivity index (χ3v) is 3.40. The predicted molar refractivity (Wildman–Crippen MR) is 67.7 cm³/mol. The molecule has 118 valence electrons. The second kappa shape index (κ2) is 6.66. The molecule has 21 heavy (non-hydrogen) atoms. The summed E-state index contributed by atoms with van der Waals surface area (Å²) < 4.78 is 66.0. The standard InChI is InChI=1S/C11H12F3NO5S/c12-11(13,14)7-20-9-4-2-1-3-8(9)15-21(18,19)6-5-10(16)17/h1-4,15H,5-7H2,(H,16,17). The molecule has 0 saturated heterocycles. The van der Waals surface area contributed by atoms with E-state index in [1.807, 2.05) is 4.72 Å². The van der Waals surface area contributed by atoms with E-state index in [0.29, 0.717) is 0 Å². The predicted octanol–water partition coefficient (Wildman–Crippen LogP) is 1.84. The van der Waals surface area contributed by atoms with Crippen LogP contribution >= 0.6 is 0 Å². The van der Waals surface area contributed by atoms with Crippen molar-refractivity contribution in [2.45, 2.75) is 12.6 Å². The van der Waals surface area contributed by atoms with E-state index in [9.17, 15) is 26.4 Å². The number of anilines is 1. The lowest BCUT2D eigenvalue weighted by Gasteiger charge is -2.14. The average molecular weight is 327 g/mol. The molecule has 0 aliphatic rings. The van der Waals surface area contributed by atoms with E-state index in [2.05, 4.69) is 4.74 Å². The first-order chi connectivity index (χ1) is 9.59. The van der Waals surface area contributed by atoms with Gasteiger partial charge in [0.15, 0.2) is 6.61 Å². The van der Waals surface area contributed by atoms with Crippen LogP contribution in [0, 0.1) is 0 Å². The Morgan fingerprint density at radius 3 is 2.48 bits per heavy atom. The lowest BCUT2D eigenvalue weighted by atomic mass is 10.3. The van der Waals surface area contributed by atoms with Gasteiger partial charge in [-0.15, -0.1) is 0 Å². The van der Waals surface area contributed by atoms with E-state index < -0.39 is 40.9 Å². The number of sulfonamides is 1. The Morgan fingerprint density at radius 1 is 1.29 bits per heavy atom. The number of nitrogens with one attached hydrogen (secondary N) is 1. The topological polar surface area (TPSA) is 92.7 Å². The minimum atomic E-state index is -4.56. The molecule has 0 saturated carbocycles. The quantitative estimate of drug-likeness (QED) is 0.797. The van der Waals surface area contributed by atoms with Crippen molar-refractivity contribution in [3.05, 3.63) is 24.3 Å². The van der Waals surface area contributed by atoms with Gasteiger partial charge < -0.3 is 9.84 Å². The second-order valence-electron chi connectivity index (χ2n) is 3.96. The van der Waals surface area contributed by atoms with Crippen LogP contribution in [0.15, 0.2) is 24.3 Å². The monoisotopic (exact) mass is 327 g/mol. The highest BCUT2D eigenvalue weighted by Crippen LogP contribution is 2.27. The van der Waals surface area contributed by atoms with Crippen LogP contribution in [0.2, 0.25) is 0 Å². The average Bonchev–Trinajstić information content (AvgIpc) is 2.34. The van der Waals surface area contributed by atoms with Crippen LogP contribution in [-0.2, 0) is 14.8 Å². The molecule has 0 heterocycles. The van der Waals surface area contributed by atoms with Gasteiger partial charge in [0.05, 0.1) is 17.9 Å². The lowest BCUT2D eigenvalue weighted by Crippen LogP contribution is -2.22. The van der Waals surface area contributed by atoms with Crippen LogP contribution in [0.25, 0.3) is 0 Å². The normalized spacial score (nSPS) is 12.0. The van der Waals surface area contributed by atoms with E-state index in [-0.39, 0.29) is 11.4 Å². The van der Waals surface area contributed by atoms with Gasteiger partial charge in [-0.25, -0.2) is 8.42 Å². The molecule has 0 bridgehead atoms. The molecule has 0 fully saturated rings. The van der Waals surface area contributed by atoms with Crippen molar-refractivity contribution in [1.82, 2.24) is 0 Å². The molecule has 0 radical (unpaired) electrons. The molecule has 1 rings (SSSR count). The maximum Gasteiger partial charge on any atom is 0.422 e. The maximum absolute atomic E-state index is 12.1. The van der Waals surface area contributed by atoms with Gasteiger partial charge in [-0.05, 0) is 12.1 Å². The number of carboxylic acid groups (broad SMARTS) is 1. The summed E-state index contributed by atoms with van der Waals surface area (Å²) >= 11 is 0. The van der Waals surface area contributed by atoms with Crippen LogP contribution < -0.4 is 9.46 Å². The third-order valence-electron chi connectivity index (χ3n) is 2.13. The lowest BCUT2D eigenvalue weighted by molar-refractivity contribution is -0.153. The SMILES string of the molecule is O=C(O)CCS(=O)(=O)Nc1ccccc1OCC(F)(F)F. The van der Waals surface area contributed by atoms with E-state index in [4.69, 9.17) is 5.11 Å². The van der Waals surface area contributed by atoms with Crippen molar-refractivity contribution in [3.63, 3.8) is 0 Å². The minimum Gasteiger partial charge on any atom is -0.482 e. The first kappa shape index (κ1) is 17.1. The molecule has 0 unspecified atom stereocenters. The number of hydrogen-bond acceptors (Lipinski definition) is 4. The summed E-state index contributed by atoms with van der Waals surface area (Å²) in [5, 5.41) is 8.43. The van der Waals surface area contributed by atoms with Crippen molar-refractivity contribution in [3.8, 4) is 5.75 Å². The number of para-hydroxylation sites is 2. The number of rotatable bonds is 7. The first-order valence-corrected chi connectivity index (χ1v) is 7.25. The summed E-state index contributed by atoms with van der Waals surface area (Å²) in [6, 6.07) is 5.15. The molecule has 0 amide bonds. The number of halogens is 3. The summed E-state index contributed by atoms with van der Waals surface area (Å²) in [4.78, 5) is 10.3. The molecule has 0 aliphatic carbocycles. The number of alkyl halides is 3. The van der Waals surface area contributed by atoms with Gasteiger partial charge in [0.25, 0.3) is 0 Å². The number of carbonyl (C=O) groups is 1. The van der Waals surface area contributed by atoms with Gasteiger partial charge in [0.2, 0.25) is 10.0 Å². The minimum absolute atomic E-state index is 0.188. The fourth-order valence-corrected chi connectivity index (χ4v) is 2.33. The Hall–Kier alpha value is -1.97. The Morgan fingerprint density at radius 2 is 1.90 bits per heavy atom. The molecule has 6 nitrogen and oxygen atoms in total. The van der Waals surface area contributed by atoms with Crippen LogP contribution in [0.1, 0.15) is 6.42 Å². The number of hydrogen-bond donors (Lipinski definition) is 2. The van der Waals surface area contributed by atoms with Crippen molar-refractivity contribution in [2.24, 2.45) is 0 Å². The van der Waals surface area contributed by atoms with Gasteiger partial charge in [-0.1, -0.05) is 12.1 Å². The fourth-order valence-electron chi connectivity index (χ4n) is 1.28. The molecule has 0 atom stereocenters. The summed E-state index contributed by atoms with van der Waals surface area (Å²) in [5.41, 5.74) is -0.188. The van der Waals surface area contributed by atoms with Crippen molar-refractivity contribution >= 4 is 21.7 Å². The Balaban J connectivity index is 2.81. The van der Waals surface area contributed by atoms with Crippen LogP contribution in [0.3, 0.4) is 0 Å². The van der Waals surface area contributed by atoms with Gasteiger partial charge in [0, 0.05) is 0 Å². The molecule has 0 aliphatic heterocycles. The van der Waals surface area contributed by atoms with Gasteiger partial charge in [-0.2, -0.15) is 13.2 Å². The van der Waals surface area contributed by atoms with Crippen molar-refractivity contribution < 1.29 is 36.2 Å². The van der Waals surface area contributed by atoms with Crippen LogP contribution in [-0.4, -0.2) is 38.0 Å². The number of ether oxygens (including phenoxy) is 1. The second-order valence-corrected chi connectivity index (χ2v) is 5.81. The molecule has 2 N–H and O–H groups in total. The van der Waals surface area contributed by atoms with Crippen LogP contribution in [0.5, 0.6) is 5.75 Å². The Bertz CT molecular complexity index is 600. The van der Waals surface area contributed by atoms with E-state index in [1.165, 1.54) is 24.3 Å². The largest absolute Gasteiger partial charge is 0.482 e. The Kier molecular flexibility index (Phi) is 5.41. The molecule has 0 spiro atoms. The highest BCUT2D eigenvalue weighted by Gasteiger charge is 2.29. The number of benzene rings is 1. The van der Waals surface area contributed by atoms with Crippen molar-refractivity contribution in [1.29, 1.82) is 0 Å². The zero-order chi connectivity index (χ0) is 16.1. The number of carboxylic acids is 1. The molecular formula is C11H12F3NO5S. The van der Waals surface area contributed by atoms with E-state index in [1.54, 1.807) is 0 Å². The zero-order valence-electron chi connectivity index (χ0n) is 10.6. The summed E-state index contributed by atoms with van der Waals surface area (Å²) in [6.45, 7) is -1.57. The van der Waals surface area contributed by atoms with Crippen LogP contribution in [0.4, 0.5) is 18.9 Å². The summed E-state index contributed by atoms with van der Waals surface area (Å²) in [5.74, 6) is -2.30. The van der Waals surface area contributed by atoms with E-state index >= 15 is 0 Å².